The number of likely N-dealkylation sites (tertiary alicyclic amines) is 1. The summed E-state index contributed by atoms with van der Waals surface area (Å²) < 4.78 is 2.35. The van der Waals surface area contributed by atoms with Crippen molar-refractivity contribution < 1.29 is 4.79 Å². The Hall–Kier alpha value is -2.25. The van der Waals surface area contributed by atoms with E-state index in [1.165, 1.54) is 9.95 Å². The summed E-state index contributed by atoms with van der Waals surface area (Å²) in [6, 6.07) is 19.7. The predicted molar refractivity (Wildman–Crippen MR) is 145 cm³/mol. The molecule has 1 atom stereocenters. The van der Waals surface area contributed by atoms with E-state index in [-0.39, 0.29) is 41.2 Å². The first-order valence-electron chi connectivity index (χ1n) is 10.9. The Morgan fingerprint density at radius 1 is 1.09 bits per heavy atom. The van der Waals surface area contributed by atoms with Crippen molar-refractivity contribution >= 4 is 79.5 Å². The number of piperidine rings is 1. The van der Waals surface area contributed by atoms with Gasteiger partial charge < -0.3 is 10.2 Å². The van der Waals surface area contributed by atoms with E-state index in [4.69, 9.17) is 23.2 Å². The molecule has 5 nitrogen and oxygen atoms in total. The molecule has 34 heavy (non-hydrogen) atoms. The van der Waals surface area contributed by atoms with E-state index in [1.807, 2.05) is 35.2 Å². The summed E-state index contributed by atoms with van der Waals surface area (Å²) in [6.07, 6.45) is 1.62. The Bertz CT molecular complexity index is 1370. The van der Waals surface area contributed by atoms with Gasteiger partial charge in [-0.05, 0) is 48.4 Å². The van der Waals surface area contributed by atoms with Crippen LogP contribution in [0.25, 0.3) is 21.0 Å². The molecule has 1 unspecified atom stereocenters. The van der Waals surface area contributed by atoms with Crippen LogP contribution >= 0.6 is 46.9 Å². The third-order valence-electron chi connectivity index (χ3n) is 6.31. The summed E-state index contributed by atoms with van der Waals surface area (Å²) in [7, 11) is 0. The molecule has 1 N–H and O–H groups in total. The van der Waals surface area contributed by atoms with Crippen molar-refractivity contribution in [3.05, 3.63) is 75.4 Å². The number of nitrogens with zero attached hydrogens (tertiary/aromatic N) is 2. The van der Waals surface area contributed by atoms with Crippen molar-refractivity contribution in [1.82, 2.24) is 9.47 Å². The number of halogens is 3. The highest BCUT2D eigenvalue weighted by atomic mass is 35.5. The lowest BCUT2D eigenvalue weighted by Gasteiger charge is -2.34. The first-order valence-corrected chi connectivity index (χ1v) is 12.6. The van der Waals surface area contributed by atoms with Crippen LogP contribution in [-0.2, 0) is 11.3 Å². The molecule has 4 aromatic rings. The molecule has 1 amide bonds. The van der Waals surface area contributed by atoms with Crippen LogP contribution in [0.4, 0.5) is 5.69 Å². The number of carbonyl (C=O) groups is 1. The molecule has 1 aliphatic heterocycles. The van der Waals surface area contributed by atoms with Crippen molar-refractivity contribution in [1.29, 1.82) is 0 Å². The molecule has 5 rings (SSSR count). The van der Waals surface area contributed by atoms with Gasteiger partial charge in [0.1, 0.15) is 12.0 Å². The van der Waals surface area contributed by atoms with Crippen molar-refractivity contribution in [2.24, 2.45) is 5.92 Å². The number of benzene rings is 3. The molecule has 1 fully saturated rings. The minimum Gasteiger partial charge on any atom is -0.368 e. The van der Waals surface area contributed by atoms with Crippen LogP contribution in [0.15, 0.2) is 65.5 Å². The zero-order valence-electron chi connectivity index (χ0n) is 18.2. The second-order valence-corrected chi connectivity index (χ2v) is 10.3. The highest BCUT2D eigenvalue weighted by Gasteiger charge is 2.28. The molecule has 1 aliphatic rings. The van der Waals surface area contributed by atoms with Gasteiger partial charge in [-0.2, -0.15) is 0 Å². The molecule has 0 spiro atoms. The monoisotopic (exact) mass is 535 g/mol. The van der Waals surface area contributed by atoms with E-state index in [0.717, 1.165) is 40.0 Å². The molecular formula is C25H24Cl3N3O2S. The van der Waals surface area contributed by atoms with Gasteiger partial charge in [-0.1, -0.05) is 70.9 Å². The third-order valence-corrected chi connectivity index (χ3v) is 7.97. The molecule has 2 heterocycles. The van der Waals surface area contributed by atoms with Crippen LogP contribution in [0.3, 0.4) is 0 Å². The Labute approximate surface area is 217 Å². The summed E-state index contributed by atoms with van der Waals surface area (Å²) >= 11 is 14.0. The van der Waals surface area contributed by atoms with Gasteiger partial charge in [0.2, 0.25) is 5.91 Å². The predicted octanol–water partition coefficient (Wildman–Crippen LogP) is 6.21. The van der Waals surface area contributed by atoms with Crippen LogP contribution in [0.1, 0.15) is 12.8 Å². The smallest absolute Gasteiger partial charge is 0.308 e. The van der Waals surface area contributed by atoms with Crippen LogP contribution < -0.4 is 10.2 Å². The van der Waals surface area contributed by atoms with Crippen molar-refractivity contribution in [3.63, 3.8) is 0 Å². The quantitative estimate of drug-likeness (QED) is 0.244. The lowest BCUT2D eigenvalue weighted by Crippen LogP contribution is -2.43. The highest BCUT2D eigenvalue weighted by molar-refractivity contribution is 7.16. The van der Waals surface area contributed by atoms with Crippen molar-refractivity contribution in [3.8, 4) is 0 Å². The molecule has 0 aliphatic carbocycles. The minimum atomic E-state index is -0.223. The summed E-state index contributed by atoms with van der Waals surface area (Å²) in [5.41, 5.74) is 1.51. The van der Waals surface area contributed by atoms with E-state index < -0.39 is 0 Å². The average molecular weight is 537 g/mol. The van der Waals surface area contributed by atoms with Gasteiger partial charge in [-0.15, -0.1) is 12.4 Å². The molecule has 1 saturated heterocycles. The third kappa shape index (κ3) is 5.05. The van der Waals surface area contributed by atoms with Crippen LogP contribution in [0.2, 0.25) is 5.02 Å². The number of thiazole rings is 1. The summed E-state index contributed by atoms with van der Waals surface area (Å²) in [4.78, 5) is 27.1. The fourth-order valence-corrected chi connectivity index (χ4v) is 5.89. The molecule has 0 saturated carbocycles. The van der Waals surface area contributed by atoms with Gasteiger partial charge in [0, 0.05) is 29.2 Å². The van der Waals surface area contributed by atoms with E-state index in [2.05, 4.69) is 23.5 Å². The maximum Gasteiger partial charge on any atom is 0.308 e. The summed E-state index contributed by atoms with van der Waals surface area (Å²) in [5, 5.41) is 6.34. The number of rotatable bonds is 5. The van der Waals surface area contributed by atoms with Gasteiger partial charge in [0.25, 0.3) is 0 Å². The minimum absolute atomic E-state index is 0. The van der Waals surface area contributed by atoms with Gasteiger partial charge in [0.15, 0.2) is 0 Å². The molecular weight excluding hydrogens is 513 g/mol. The molecule has 0 radical (unpaired) electrons. The average Bonchev–Trinajstić information content (AvgIpc) is 3.13. The fraction of sp³-hybridized carbons (Fsp3) is 0.280. The molecule has 0 bridgehead atoms. The van der Waals surface area contributed by atoms with Gasteiger partial charge >= 0.3 is 4.87 Å². The lowest BCUT2D eigenvalue weighted by molar-refractivity contribution is -0.133. The topological polar surface area (TPSA) is 54.3 Å². The van der Waals surface area contributed by atoms with E-state index >= 15 is 0 Å². The number of alkyl halides is 1. The maximum absolute atomic E-state index is 12.9. The Balaban J connectivity index is 0.00000274. The Kier molecular flexibility index (Phi) is 7.73. The van der Waals surface area contributed by atoms with E-state index in [9.17, 15) is 9.59 Å². The number of hydrogen-bond donors (Lipinski definition) is 1. The van der Waals surface area contributed by atoms with E-state index in [1.54, 1.807) is 12.1 Å². The number of aromatic nitrogens is 1. The number of nitrogens with one attached hydrogen (secondary N) is 1. The summed E-state index contributed by atoms with van der Waals surface area (Å²) in [6.45, 7) is 1.28. The molecule has 3 aromatic carbocycles. The fourth-order valence-electron chi connectivity index (χ4n) is 4.48. The van der Waals surface area contributed by atoms with Gasteiger partial charge in [-0.3, -0.25) is 14.2 Å². The Morgan fingerprint density at radius 3 is 2.62 bits per heavy atom. The SMILES string of the molecule is Cl.O=C(Cn1c(=O)sc2ccc(Cl)cc21)N1CCC(C(Cl)Nc2cccc3ccccc23)CC1. The lowest BCUT2D eigenvalue weighted by atomic mass is 9.96. The van der Waals surface area contributed by atoms with Crippen molar-refractivity contribution in [2.75, 3.05) is 18.4 Å². The van der Waals surface area contributed by atoms with E-state index in [0.29, 0.717) is 23.6 Å². The van der Waals surface area contributed by atoms with Crippen LogP contribution in [0.5, 0.6) is 0 Å². The summed E-state index contributed by atoms with van der Waals surface area (Å²) in [5.74, 6) is 0.196. The highest BCUT2D eigenvalue weighted by Crippen LogP contribution is 2.30. The molecule has 9 heteroatoms. The standard InChI is InChI=1S/C25H23Cl2N3O2S.ClH/c26-18-8-9-22-21(14-18)30(25(32)33-22)15-23(31)29-12-10-17(11-13-29)24(27)28-20-7-3-5-16-4-1-2-6-19(16)20;/h1-9,14,17,24,28H,10-13,15H2;1H. The molecule has 178 valence electrons. The zero-order valence-corrected chi connectivity index (χ0v) is 21.4. The van der Waals surface area contributed by atoms with Crippen LogP contribution in [-0.4, -0.2) is 34.0 Å². The first-order chi connectivity index (χ1) is 16.0. The number of carbonyl (C=O) groups excluding carboxylic acids is 1. The normalized spacial score (nSPS) is 15.3. The van der Waals surface area contributed by atoms with Gasteiger partial charge in [0.05, 0.1) is 10.2 Å². The number of amides is 1. The largest absolute Gasteiger partial charge is 0.368 e. The number of hydrogen-bond acceptors (Lipinski definition) is 4. The second kappa shape index (κ2) is 10.6. The number of anilines is 1. The number of fused-ring (bicyclic) bond motifs is 2. The maximum atomic E-state index is 12.9. The Morgan fingerprint density at radius 2 is 1.82 bits per heavy atom. The van der Waals surface area contributed by atoms with Crippen molar-refractivity contribution in [2.45, 2.75) is 24.9 Å². The second-order valence-electron chi connectivity index (χ2n) is 8.36. The van der Waals surface area contributed by atoms with Gasteiger partial charge in [-0.25, -0.2) is 0 Å². The zero-order chi connectivity index (χ0) is 22.9. The first kappa shape index (κ1) is 24.9. The molecule has 1 aromatic heterocycles. The van der Waals surface area contributed by atoms with Crippen LogP contribution in [0, 0.1) is 5.92 Å².